The number of ether oxygens (including phenoxy) is 1. The van der Waals surface area contributed by atoms with Crippen molar-refractivity contribution in [3.63, 3.8) is 0 Å². The summed E-state index contributed by atoms with van der Waals surface area (Å²) in [5.41, 5.74) is -3.02. The minimum Gasteiger partial charge on any atom is -0.480 e. The summed E-state index contributed by atoms with van der Waals surface area (Å²) in [5.74, 6) is -3.50. The highest BCUT2D eigenvalue weighted by Crippen LogP contribution is 2.41. The number of rotatable bonds is 7. The number of carbonyl (C=O) groups excluding carboxylic acids is 3. The first-order valence-corrected chi connectivity index (χ1v) is 8.27. The number of aliphatic carboxylic acids is 1. The molecule has 0 aliphatic heterocycles. The molecule has 0 aromatic heterocycles. The number of hydrogen-bond acceptors (Lipinski definition) is 5. The molecule has 1 aromatic carbocycles. The van der Waals surface area contributed by atoms with E-state index in [1.807, 2.05) is 0 Å². The predicted octanol–water partition coefficient (Wildman–Crippen LogP) is 2.33. The van der Waals surface area contributed by atoms with Crippen molar-refractivity contribution in [2.45, 2.75) is 51.6 Å². The predicted molar refractivity (Wildman–Crippen MR) is 88.9 cm³/mol. The zero-order valence-corrected chi connectivity index (χ0v) is 14.4. The van der Waals surface area contributed by atoms with Crippen LogP contribution in [0.4, 0.5) is 0 Å². The Kier molecular flexibility index (Phi) is 5.40. The molecule has 134 valence electrons. The number of hydrogen-bond donors (Lipinski definition) is 1. The summed E-state index contributed by atoms with van der Waals surface area (Å²) in [6.07, 6.45) is 1.37. The van der Waals surface area contributed by atoms with Crippen LogP contribution in [0.3, 0.4) is 0 Å². The Labute approximate surface area is 146 Å². The molecule has 1 aliphatic rings. The van der Waals surface area contributed by atoms with Gasteiger partial charge in [0.25, 0.3) is 0 Å². The molecule has 1 aliphatic carbocycles. The average Bonchev–Trinajstić information content (AvgIpc) is 3.05. The minimum absolute atomic E-state index is 0.111. The van der Waals surface area contributed by atoms with Crippen LogP contribution in [-0.4, -0.2) is 34.2 Å². The monoisotopic (exact) mass is 346 g/mol. The Morgan fingerprint density at radius 2 is 1.56 bits per heavy atom. The van der Waals surface area contributed by atoms with Crippen LogP contribution < -0.4 is 0 Å². The van der Waals surface area contributed by atoms with E-state index in [9.17, 15) is 24.3 Å². The molecule has 1 fully saturated rings. The number of Topliss-reactive ketones (excluding diaryl/α,β-unsaturated/α-hetero) is 2. The van der Waals surface area contributed by atoms with E-state index in [1.165, 1.54) is 13.8 Å². The number of ketones is 2. The number of esters is 1. The molecule has 0 saturated heterocycles. The molecule has 1 saturated carbocycles. The normalized spacial score (nSPS) is 16.2. The zero-order chi connectivity index (χ0) is 18.7. The number of carbonyl (C=O) groups is 4. The Morgan fingerprint density at radius 1 is 1.04 bits per heavy atom. The molecule has 0 spiro atoms. The molecule has 0 amide bonds. The molecule has 1 aromatic rings. The molecule has 6 heteroatoms. The SMILES string of the molecule is CC(=O)C(Cc1ccccc1)(OC(=O)C1(C(=O)O)CCCC1)C(C)=O. The second-order valence-electron chi connectivity index (χ2n) is 6.59. The number of benzene rings is 1. The van der Waals surface area contributed by atoms with Gasteiger partial charge in [-0.1, -0.05) is 43.2 Å². The van der Waals surface area contributed by atoms with Gasteiger partial charge in [-0.2, -0.15) is 0 Å². The fraction of sp³-hybridized carbons (Fsp3) is 0.474. The molecule has 0 radical (unpaired) electrons. The Morgan fingerprint density at radius 3 is 2.00 bits per heavy atom. The van der Waals surface area contributed by atoms with Gasteiger partial charge in [-0.3, -0.25) is 19.2 Å². The van der Waals surface area contributed by atoms with E-state index in [0.29, 0.717) is 18.4 Å². The van der Waals surface area contributed by atoms with Crippen LogP contribution >= 0.6 is 0 Å². The molecule has 25 heavy (non-hydrogen) atoms. The van der Waals surface area contributed by atoms with Gasteiger partial charge in [0, 0.05) is 6.42 Å². The maximum absolute atomic E-state index is 12.7. The summed E-state index contributed by atoms with van der Waals surface area (Å²) in [6, 6.07) is 8.72. The fourth-order valence-corrected chi connectivity index (χ4v) is 3.30. The highest BCUT2D eigenvalue weighted by atomic mass is 16.6. The Balaban J connectivity index is 2.39. The van der Waals surface area contributed by atoms with Crippen LogP contribution in [0.5, 0.6) is 0 Å². The summed E-state index contributed by atoms with van der Waals surface area (Å²) in [7, 11) is 0. The van der Waals surface area contributed by atoms with E-state index < -0.39 is 34.5 Å². The first-order valence-electron chi connectivity index (χ1n) is 8.27. The molecule has 6 nitrogen and oxygen atoms in total. The van der Waals surface area contributed by atoms with Crippen molar-refractivity contribution in [2.75, 3.05) is 0 Å². The van der Waals surface area contributed by atoms with Crippen molar-refractivity contribution in [1.82, 2.24) is 0 Å². The van der Waals surface area contributed by atoms with Crippen molar-refractivity contribution >= 4 is 23.5 Å². The summed E-state index contributed by atoms with van der Waals surface area (Å²) < 4.78 is 5.39. The van der Waals surface area contributed by atoms with Crippen molar-refractivity contribution in [3.8, 4) is 0 Å². The first-order chi connectivity index (χ1) is 11.7. The second-order valence-corrected chi connectivity index (χ2v) is 6.59. The standard InChI is InChI=1S/C19H22O6/c1-13(20)19(14(2)21,12-15-8-4-3-5-9-15)25-17(24)18(16(22)23)10-6-7-11-18/h3-5,8-9H,6-7,10-12H2,1-2H3,(H,22,23). The van der Waals surface area contributed by atoms with Crippen LogP contribution in [-0.2, 0) is 30.3 Å². The lowest BCUT2D eigenvalue weighted by atomic mass is 9.83. The maximum atomic E-state index is 12.7. The number of carboxylic acids is 1. The van der Waals surface area contributed by atoms with Crippen LogP contribution in [0, 0.1) is 5.41 Å². The van der Waals surface area contributed by atoms with E-state index in [2.05, 4.69) is 0 Å². The molecular formula is C19H22O6. The van der Waals surface area contributed by atoms with E-state index in [1.54, 1.807) is 30.3 Å². The van der Waals surface area contributed by atoms with Crippen LogP contribution in [0.25, 0.3) is 0 Å². The lowest BCUT2D eigenvalue weighted by Crippen LogP contribution is -2.53. The smallest absolute Gasteiger partial charge is 0.324 e. The summed E-state index contributed by atoms with van der Waals surface area (Å²) in [6.45, 7) is 2.36. The molecule has 0 heterocycles. The van der Waals surface area contributed by atoms with Gasteiger partial charge < -0.3 is 9.84 Å². The van der Waals surface area contributed by atoms with Crippen LogP contribution in [0.2, 0.25) is 0 Å². The third-order valence-corrected chi connectivity index (χ3v) is 4.96. The molecular weight excluding hydrogens is 324 g/mol. The van der Waals surface area contributed by atoms with Gasteiger partial charge in [-0.05, 0) is 32.3 Å². The zero-order valence-electron chi connectivity index (χ0n) is 14.4. The molecule has 0 bridgehead atoms. The largest absolute Gasteiger partial charge is 0.480 e. The van der Waals surface area contributed by atoms with Crippen molar-refractivity contribution in [2.24, 2.45) is 5.41 Å². The molecule has 1 N–H and O–H groups in total. The summed E-state index contributed by atoms with van der Waals surface area (Å²) in [5, 5.41) is 9.53. The van der Waals surface area contributed by atoms with Gasteiger partial charge in [0.05, 0.1) is 0 Å². The molecule has 2 rings (SSSR count). The van der Waals surface area contributed by atoms with Gasteiger partial charge in [-0.25, -0.2) is 0 Å². The van der Waals surface area contributed by atoms with Gasteiger partial charge in [0.2, 0.25) is 5.60 Å². The highest BCUT2D eigenvalue weighted by molar-refractivity contribution is 6.11. The third kappa shape index (κ3) is 3.48. The lowest BCUT2D eigenvalue weighted by molar-refractivity contribution is -0.185. The van der Waals surface area contributed by atoms with Crippen molar-refractivity contribution in [3.05, 3.63) is 35.9 Å². The average molecular weight is 346 g/mol. The fourth-order valence-electron chi connectivity index (χ4n) is 3.30. The van der Waals surface area contributed by atoms with E-state index in [-0.39, 0.29) is 19.3 Å². The minimum atomic E-state index is -2.00. The Hall–Kier alpha value is -2.50. The van der Waals surface area contributed by atoms with E-state index >= 15 is 0 Å². The van der Waals surface area contributed by atoms with E-state index in [4.69, 9.17) is 4.74 Å². The molecule has 0 atom stereocenters. The topological polar surface area (TPSA) is 97.7 Å². The van der Waals surface area contributed by atoms with Gasteiger partial charge in [0.15, 0.2) is 17.0 Å². The van der Waals surface area contributed by atoms with Crippen molar-refractivity contribution < 1.29 is 29.0 Å². The van der Waals surface area contributed by atoms with Gasteiger partial charge in [0.1, 0.15) is 0 Å². The van der Waals surface area contributed by atoms with E-state index in [0.717, 1.165) is 0 Å². The van der Waals surface area contributed by atoms with Gasteiger partial charge >= 0.3 is 11.9 Å². The molecule has 0 unspecified atom stereocenters. The quantitative estimate of drug-likeness (QED) is 0.601. The summed E-state index contributed by atoms with van der Waals surface area (Å²) in [4.78, 5) is 49.0. The third-order valence-electron chi connectivity index (χ3n) is 4.96. The van der Waals surface area contributed by atoms with Crippen LogP contribution in [0.15, 0.2) is 30.3 Å². The first kappa shape index (κ1) is 18.8. The van der Waals surface area contributed by atoms with Gasteiger partial charge in [-0.15, -0.1) is 0 Å². The van der Waals surface area contributed by atoms with Crippen molar-refractivity contribution in [1.29, 1.82) is 0 Å². The Bertz CT molecular complexity index is 671. The number of carboxylic acid groups (broad SMARTS) is 1. The maximum Gasteiger partial charge on any atom is 0.324 e. The van der Waals surface area contributed by atoms with Crippen LogP contribution in [0.1, 0.15) is 45.1 Å². The summed E-state index contributed by atoms with van der Waals surface area (Å²) >= 11 is 0. The highest BCUT2D eigenvalue weighted by Gasteiger charge is 2.54. The lowest BCUT2D eigenvalue weighted by Gasteiger charge is -2.32. The second kappa shape index (κ2) is 7.17.